The maximum Gasteiger partial charge on any atom is 0.220 e. The van der Waals surface area contributed by atoms with Gasteiger partial charge in [0.25, 0.3) is 0 Å². The lowest BCUT2D eigenvalue weighted by molar-refractivity contribution is -0.121. The maximum absolute atomic E-state index is 12.4. The number of carbonyl (C=O) groups is 1. The van der Waals surface area contributed by atoms with Crippen LogP contribution in [0.4, 0.5) is 0 Å². The van der Waals surface area contributed by atoms with Gasteiger partial charge in [0.2, 0.25) is 5.91 Å². The van der Waals surface area contributed by atoms with Crippen molar-refractivity contribution in [2.75, 3.05) is 39.8 Å². The van der Waals surface area contributed by atoms with E-state index in [-0.39, 0.29) is 11.9 Å². The predicted molar refractivity (Wildman–Crippen MR) is 111 cm³/mol. The van der Waals surface area contributed by atoms with Crippen LogP contribution in [-0.2, 0) is 11.2 Å². The lowest BCUT2D eigenvalue weighted by Gasteiger charge is -2.38. The molecule has 2 aromatic carbocycles. The van der Waals surface area contributed by atoms with Crippen molar-refractivity contribution >= 4 is 17.5 Å². The van der Waals surface area contributed by atoms with Gasteiger partial charge in [-0.15, -0.1) is 0 Å². The second-order valence-electron chi connectivity index (χ2n) is 7.20. The predicted octanol–water partition coefficient (Wildman–Crippen LogP) is 3.38. The monoisotopic (exact) mass is 385 g/mol. The number of benzene rings is 2. The standard InChI is InChI=1S/C22H28ClN3O/c1-25-13-15-26(16-14-25)21(19-8-10-20(23)11-9-19)17-24-22(27)12-7-18-5-3-2-4-6-18/h2-6,8-11,21H,7,12-17H2,1H3,(H,24,27). The Morgan fingerprint density at radius 1 is 1.04 bits per heavy atom. The highest BCUT2D eigenvalue weighted by Gasteiger charge is 2.24. The van der Waals surface area contributed by atoms with E-state index in [0.29, 0.717) is 13.0 Å². The molecule has 0 aliphatic carbocycles. The fourth-order valence-corrected chi connectivity index (χ4v) is 3.60. The molecule has 27 heavy (non-hydrogen) atoms. The molecule has 0 spiro atoms. The molecule has 144 valence electrons. The summed E-state index contributed by atoms with van der Waals surface area (Å²) in [5.41, 5.74) is 2.40. The molecular formula is C22H28ClN3O. The zero-order valence-corrected chi connectivity index (χ0v) is 16.7. The molecule has 0 bridgehead atoms. The molecule has 2 aromatic rings. The summed E-state index contributed by atoms with van der Waals surface area (Å²) in [5.74, 6) is 0.104. The van der Waals surface area contributed by atoms with Gasteiger partial charge < -0.3 is 10.2 Å². The number of nitrogens with zero attached hydrogens (tertiary/aromatic N) is 2. The fraction of sp³-hybridized carbons (Fsp3) is 0.409. The molecule has 0 radical (unpaired) electrons. The van der Waals surface area contributed by atoms with E-state index in [1.54, 1.807) is 0 Å². The quantitative estimate of drug-likeness (QED) is 0.793. The van der Waals surface area contributed by atoms with E-state index < -0.39 is 0 Å². The first-order valence-electron chi connectivity index (χ1n) is 9.60. The van der Waals surface area contributed by atoms with Crippen molar-refractivity contribution < 1.29 is 4.79 Å². The molecule has 1 aliphatic rings. The van der Waals surface area contributed by atoms with Crippen LogP contribution in [0.1, 0.15) is 23.6 Å². The number of hydrogen-bond acceptors (Lipinski definition) is 3. The Morgan fingerprint density at radius 3 is 2.37 bits per heavy atom. The molecule has 4 nitrogen and oxygen atoms in total. The lowest BCUT2D eigenvalue weighted by atomic mass is 10.0. The van der Waals surface area contributed by atoms with Crippen molar-refractivity contribution in [1.29, 1.82) is 0 Å². The third kappa shape index (κ3) is 6.06. The van der Waals surface area contributed by atoms with E-state index in [1.165, 1.54) is 11.1 Å². The summed E-state index contributed by atoms with van der Waals surface area (Å²) in [6, 6.07) is 18.3. The van der Waals surface area contributed by atoms with Crippen molar-refractivity contribution in [2.45, 2.75) is 18.9 Å². The van der Waals surface area contributed by atoms with Crippen molar-refractivity contribution in [3.8, 4) is 0 Å². The van der Waals surface area contributed by atoms with Crippen LogP contribution < -0.4 is 5.32 Å². The van der Waals surface area contributed by atoms with E-state index >= 15 is 0 Å². The zero-order valence-electron chi connectivity index (χ0n) is 15.9. The first kappa shape index (κ1) is 19.9. The molecule has 1 fully saturated rings. The number of hydrogen-bond donors (Lipinski definition) is 1. The number of carbonyl (C=O) groups excluding carboxylic acids is 1. The van der Waals surface area contributed by atoms with Gasteiger partial charge in [0.05, 0.1) is 6.04 Å². The van der Waals surface area contributed by atoms with Crippen LogP contribution in [0.15, 0.2) is 54.6 Å². The average Bonchev–Trinajstić information content (AvgIpc) is 2.70. The van der Waals surface area contributed by atoms with Crippen molar-refractivity contribution in [3.63, 3.8) is 0 Å². The Morgan fingerprint density at radius 2 is 1.70 bits per heavy atom. The summed E-state index contributed by atoms with van der Waals surface area (Å²) in [5, 5.41) is 3.89. The molecule has 1 aliphatic heterocycles. The third-order valence-electron chi connectivity index (χ3n) is 5.21. The Hall–Kier alpha value is -1.88. The number of nitrogens with one attached hydrogen (secondary N) is 1. The van der Waals surface area contributed by atoms with Crippen molar-refractivity contribution in [3.05, 3.63) is 70.7 Å². The van der Waals surface area contributed by atoms with Gasteiger partial charge in [0.1, 0.15) is 0 Å². The van der Waals surface area contributed by atoms with Gasteiger partial charge in [-0.25, -0.2) is 0 Å². The van der Waals surface area contributed by atoms with Crippen LogP contribution in [0, 0.1) is 0 Å². The van der Waals surface area contributed by atoms with Gasteiger partial charge >= 0.3 is 0 Å². The Labute approximate surface area is 167 Å². The number of rotatable bonds is 7. The first-order chi connectivity index (χ1) is 13.1. The topological polar surface area (TPSA) is 35.6 Å². The largest absolute Gasteiger partial charge is 0.354 e. The molecule has 1 amide bonds. The van der Waals surface area contributed by atoms with Gasteiger partial charge in [-0.1, -0.05) is 54.1 Å². The van der Waals surface area contributed by atoms with Crippen LogP contribution in [-0.4, -0.2) is 55.5 Å². The smallest absolute Gasteiger partial charge is 0.220 e. The zero-order chi connectivity index (χ0) is 19.1. The Bertz CT molecular complexity index is 712. The van der Waals surface area contributed by atoms with Crippen LogP contribution >= 0.6 is 11.6 Å². The SMILES string of the molecule is CN1CCN(C(CNC(=O)CCc2ccccc2)c2ccc(Cl)cc2)CC1. The van der Waals surface area contributed by atoms with Crippen LogP contribution in [0.5, 0.6) is 0 Å². The minimum atomic E-state index is 0.104. The minimum absolute atomic E-state index is 0.104. The highest BCUT2D eigenvalue weighted by Crippen LogP contribution is 2.23. The number of halogens is 1. The second-order valence-corrected chi connectivity index (χ2v) is 7.63. The fourth-order valence-electron chi connectivity index (χ4n) is 3.48. The molecule has 0 aromatic heterocycles. The van der Waals surface area contributed by atoms with Gasteiger partial charge in [-0.3, -0.25) is 9.69 Å². The third-order valence-corrected chi connectivity index (χ3v) is 5.46. The summed E-state index contributed by atoms with van der Waals surface area (Å²) in [7, 11) is 2.15. The van der Waals surface area contributed by atoms with E-state index in [1.807, 2.05) is 30.3 Å². The molecule has 1 heterocycles. The lowest BCUT2D eigenvalue weighted by Crippen LogP contribution is -2.48. The van der Waals surface area contributed by atoms with Gasteiger partial charge in [0.15, 0.2) is 0 Å². The van der Waals surface area contributed by atoms with Crippen LogP contribution in [0.2, 0.25) is 5.02 Å². The molecule has 3 rings (SSSR count). The van der Waals surface area contributed by atoms with E-state index in [4.69, 9.17) is 11.6 Å². The van der Waals surface area contributed by atoms with E-state index in [0.717, 1.165) is 37.6 Å². The van der Waals surface area contributed by atoms with E-state index in [9.17, 15) is 4.79 Å². The molecule has 5 heteroatoms. The van der Waals surface area contributed by atoms with Gasteiger partial charge in [-0.05, 0) is 36.7 Å². The second kappa shape index (κ2) is 9.88. The Kier molecular flexibility index (Phi) is 7.27. The van der Waals surface area contributed by atoms with Crippen molar-refractivity contribution in [1.82, 2.24) is 15.1 Å². The molecule has 1 unspecified atom stereocenters. The summed E-state index contributed by atoms with van der Waals surface area (Å²) in [4.78, 5) is 17.2. The summed E-state index contributed by atoms with van der Waals surface area (Å²) < 4.78 is 0. The molecule has 1 N–H and O–H groups in total. The number of piperazine rings is 1. The van der Waals surface area contributed by atoms with Gasteiger partial charge in [-0.2, -0.15) is 0 Å². The summed E-state index contributed by atoms with van der Waals surface area (Å²) in [6.45, 7) is 4.73. The van der Waals surface area contributed by atoms with Crippen LogP contribution in [0.3, 0.4) is 0 Å². The molecule has 1 atom stereocenters. The Balaban J connectivity index is 1.59. The summed E-state index contributed by atoms with van der Waals surface area (Å²) in [6.07, 6.45) is 1.28. The highest BCUT2D eigenvalue weighted by molar-refractivity contribution is 6.30. The molecule has 1 saturated heterocycles. The van der Waals surface area contributed by atoms with Crippen molar-refractivity contribution in [2.24, 2.45) is 0 Å². The van der Waals surface area contributed by atoms with E-state index in [2.05, 4.69) is 46.4 Å². The molecular weight excluding hydrogens is 358 g/mol. The number of likely N-dealkylation sites (N-methyl/N-ethyl adjacent to an activating group) is 1. The maximum atomic E-state index is 12.4. The number of amides is 1. The highest BCUT2D eigenvalue weighted by atomic mass is 35.5. The molecule has 0 saturated carbocycles. The van der Waals surface area contributed by atoms with Crippen LogP contribution in [0.25, 0.3) is 0 Å². The van der Waals surface area contributed by atoms with Gasteiger partial charge in [0, 0.05) is 44.2 Å². The normalized spacial score (nSPS) is 16.8. The first-order valence-corrected chi connectivity index (χ1v) is 9.98. The average molecular weight is 386 g/mol. The minimum Gasteiger partial charge on any atom is -0.354 e. The summed E-state index contributed by atoms with van der Waals surface area (Å²) >= 11 is 6.06. The number of aryl methyl sites for hydroxylation is 1.